The molecule has 1 saturated carbocycles. The quantitative estimate of drug-likeness (QED) is 0.697. The third kappa shape index (κ3) is 2.26. The highest BCUT2D eigenvalue weighted by molar-refractivity contribution is 6.02. The van der Waals surface area contributed by atoms with Crippen molar-refractivity contribution < 1.29 is 14.4 Å². The van der Waals surface area contributed by atoms with Crippen LogP contribution in [0.4, 0.5) is 0 Å². The van der Waals surface area contributed by atoms with E-state index in [2.05, 4.69) is 0 Å². The van der Waals surface area contributed by atoms with Gasteiger partial charge in [-0.25, -0.2) is 0 Å². The van der Waals surface area contributed by atoms with Gasteiger partial charge in [-0.05, 0) is 25.7 Å². The number of hydrogen-bond acceptors (Lipinski definition) is 3. The smallest absolute Gasteiger partial charge is 0.229 e. The van der Waals surface area contributed by atoms with Crippen LogP contribution in [0.5, 0.6) is 0 Å². The number of rotatable bonds is 2. The molecule has 3 fully saturated rings. The third-order valence-corrected chi connectivity index (χ3v) is 4.69. The fourth-order valence-corrected chi connectivity index (χ4v) is 3.26. The van der Waals surface area contributed by atoms with Gasteiger partial charge in [0.2, 0.25) is 17.7 Å². The van der Waals surface area contributed by atoms with Crippen LogP contribution in [0.1, 0.15) is 44.9 Å². The van der Waals surface area contributed by atoms with Crippen molar-refractivity contribution in [2.45, 2.75) is 51.0 Å². The molecule has 0 N–H and O–H groups in total. The minimum absolute atomic E-state index is 0.0212. The topological polar surface area (TPSA) is 57.7 Å². The van der Waals surface area contributed by atoms with Gasteiger partial charge in [0, 0.05) is 37.9 Å². The molecule has 5 heteroatoms. The first-order chi connectivity index (χ1) is 9.16. The van der Waals surface area contributed by atoms with Crippen LogP contribution < -0.4 is 0 Å². The lowest BCUT2D eigenvalue weighted by Crippen LogP contribution is -2.50. The van der Waals surface area contributed by atoms with E-state index in [4.69, 9.17) is 0 Å². The number of likely N-dealkylation sites (tertiary alicyclic amines) is 2. The van der Waals surface area contributed by atoms with E-state index in [0.29, 0.717) is 25.9 Å². The summed E-state index contributed by atoms with van der Waals surface area (Å²) in [5.74, 6) is 0.456. The molecule has 19 heavy (non-hydrogen) atoms. The van der Waals surface area contributed by atoms with Crippen molar-refractivity contribution in [1.82, 2.24) is 9.80 Å². The first-order valence-electron chi connectivity index (χ1n) is 7.30. The molecule has 1 aliphatic carbocycles. The van der Waals surface area contributed by atoms with Crippen LogP contribution in [0.3, 0.4) is 0 Å². The summed E-state index contributed by atoms with van der Waals surface area (Å²) in [4.78, 5) is 38.9. The molecule has 0 unspecified atom stereocenters. The van der Waals surface area contributed by atoms with Gasteiger partial charge in [-0.15, -0.1) is 0 Å². The molecule has 0 atom stereocenters. The van der Waals surface area contributed by atoms with Gasteiger partial charge < -0.3 is 4.90 Å². The Morgan fingerprint density at radius 1 is 0.947 bits per heavy atom. The summed E-state index contributed by atoms with van der Waals surface area (Å²) >= 11 is 0. The van der Waals surface area contributed by atoms with Crippen LogP contribution in [-0.2, 0) is 14.4 Å². The summed E-state index contributed by atoms with van der Waals surface area (Å²) in [5.41, 5.74) is 0. The summed E-state index contributed by atoms with van der Waals surface area (Å²) in [6.07, 6.45) is 5.44. The Morgan fingerprint density at radius 3 is 2.00 bits per heavy atom. The standard InChI is InChI=1S/C14H20N2O3/c17-12-4-5-13(18)16(12)11-6-8-15(9-7-11)14(19)10-2-1-3-10/h10-11H,1-9H2. The minimum atomic E-state index is -0.0335. The van der Waals surface area contributed by atoms with Crippen molar-refractivity contribution >= 4 is 17.7 Å². The zero-order valence-electron chi connectivity index (χ0n) is 11.1. The highest BCUT2D eigenvalue weighted by atomic mass is 16.2. The van der Waals surface area contributed by atoms with Gasteiger partial charge >= 0.3 is 0 Å². The van der Waals surface area contributed by atoms with E-state index < -0.39 is 0 Å². The summed E-state index contributed by atoms with van der Waals surface area (Å²) in [5, 5.41) is 0. The fraction of sp³-hybridized carbons (Fsp3) is 0.786. The molecule has 3 aliphatic rings. The lowest BCUT2D eigenvalue weighted by molar-refractivity contribution is -0.144. The third-order valence-electron chi connectivity index (χ3n) is 4.69. The Bertz CT molecular complexity index is 393. The summed E-state index contributed by atoms with van der Waals surface area (Å²) in [6.45, 7) is 1.38. The Labute approximate surface area is 112 Å². The predicted molar refractivity (Wildman–Crippen MR) is 68.0 cm³/mol. The number of hydrogen-bond donors (Lipinski definition) is 0. The second kappa shape index (κ2) is 4.94. The highest BCUT2D eigenvalue weighted by Gasteiger charge is 2.38. The molecule has 3 rings (SSSR count). The number of nitrogens with zero attached hydrogens (tertiary/aromatic N) is 2. The van der Waals surface area contributed by atoms with Crippen LogP contribution in [0, 0.1) is 5.92 Å². The maximum absolute atomic E-state index is 12.1. The SMILES string of the molecule is O=C(C1CCC1)N1CCC(N2C(=O)CCC2=O)CC1. The molecule has 2 heterocycles. The summed E-state index contributed by atoms with van der Waals surface area (Å²) in [6, 6.07) is 0.0212. The monoisotopic (exact) mass is 264 g/mol. The molecular formula is C14H20N2O3. The molecule has 0 aromatic rings. The molecule has 0 aromatic carbocycles. The van der Waals surface area contributed by atoms with Gasteiger partial charge in [0.25, 0.3) is 0 Å². The molecule has 104 valence electrons. The maximum atomic E-state index is 12.1. The number of carbonyl (C=O) groups excluding carboxylic acids is 3. The Kier molecular flexibility index (Phi) is 3.29. The van der Waals surface area contributed by atoms with Gasteiger partial charge in [-0.3, -0.25) is 19.3 Å². The van der Waals surface area contributed by atoms with Crippen LogP contribution in [0.15, 0.2) is 0 Å². The van der Waals surface area contributed by atoms with Crippen LogP contribution >= 0.6 is 0 Å². The first kappa shape index (κ1) is 12.6. The number of piperidine rings is 1. The van der Waals surface area contributed by atoms with Gasteiger partial charge in [-0.2, -0.15) is 0 Å². The lowest BCUT2D eigenvalue weighted by Gasteiger charge is -2.38. The molecule has 0 bridgehead atoms. The molecule has 3 amide bonds. The zero-order chi connectivity index (χ0) is 13.4. The maximum Gasteiger partial charge on any atom is 0.229 e. The molecule has 0 spiro atoms. The molecule has 0 radical (unpaired) electrons. The number of imide groups is 1. The Balaban J connectivity index is 1.55. The predicted octanol–water partition coefficient (Wildman–Crippen LogP) is 0.926. The van der Waals surface area contributed by atoms with Crippen LogP contribution in [0.2, 0.25) is 0 Å². The molecule has 5 nitrogen and oxygen atoms in total. The number of carbonyl (C=O) groups is 3. The van der Waals surface area contributed by atoms with E-state index in [1.807, 2.05) is 4.90 Å². The zero-order valence-corrected chi connectivity index (χ0v) is 11.1. The Hall–Kier alpha value is -1.39. The van der Waals surface area contributed by atoms with E-state index in [9.17, 15) is 14.4 Å². The van der Waals surface area contributed by atoms with Gasteiger partial charge in [0.15, 0.2) is 0 Å². The largest absolute Gasteiger partial charge is 0.342 e. The van der Waals surface area contributed by atoms with E-state index in [1.54, 1.807) is 0 Å². The number of amides is 3. The lowest BCUT2D eigenvalue weighted by atomic mass is 9.84. The average Bonchev–Trinajstić information content (AvgIpc) is 2.67. The van der Waals surface area contributed by atoms with Gasteiger partial charge in [0.1, 0.15) is 0 Å². The van der Waals surface area contributed by atoms with Crippen molar-refractivity contribution in [1.29, 1.82) is 0 Å². The minimum Gasteiger partial charge on any atom is -0.342 e. The highest BCUT2D eigenvalue weighted by Crippen LogP contribution is 2.30. The van der Waals surface area contributed by atoms with Gasteiger partial charge in [-0.1, -0.05) is 6.42 Å². The van der Waals surface area contributed by atoms with Crippen LogP contribution in [-0.4, -0.2) is 46.7 Å². The molecular weight excluding hydrogens is 244 g/mol. The van der Waals surface area contributed by atoms with Crippen molar-refractivity contribution in [3.8, 4) is 0 Å². The summed E-state index contributed by atoms with van der Waals surface area (Å²) < 4.78 is 0. The van der Waals surface area contributed by atoms with E-state index >= 15 is 0 Å². The molecule has 0 aromatic heterocycles. The van der Waals surface area contributed by atoms with E-state index in [1.165, 1.54) is 11.3 Å². The normalized spacial score (nSPS) is 25.9. The second-order valence-electron chi connectivity index (χ2n) is 5.84. The second-order valence-corrected chi connectivity index (χ2v) is 5.84. The van der Waals surface area contributed by atoms with Crippen molar-refractivity contribution in [3.63, 3.8) is 0 Å². The summed E-state index contributed by atoms with van der Waals surface area (Å²) in [7, 11) is 0. The van der Waals surface area contributed by atoms with E-state index in [0.717, 1.165) is 25.7 Å². The fourth-order valence-electron chi connectivity index (χ4n) is 3.26. The van der Waals surface area contributed by atoms with Crippen LogP contribution in [0.25, 0.3) is 0 Å². The van der Waals surface area contributed by atoms with Crippen molar-refractivity contribution in [2.75, 3.05) is 13.1 Å². The van der Waals surface area contributed by atoms with E-state index in [-0.39, 0.29) is 29.7 Å². The van der Waals surface area contributed by atoms with Crippen molar-refractivity contribution in [3.05, 3.63) is 0 Å². The van der Waals surface area contributed by atoms with Crippen molar-refractivity contribution in [2.24, 2.45) is 5.92 Å². The average molecular weight is 264 g/mol. The Morgan fingerprint density at radius 2 is 1.53 bits per heavy atom. The molecule has 2 saturated heterocycles. The first-order valence-corrected chi connectivity index (χ1v) is 7.30. The van der Waals surface area contributed by atoms with Gasteiger partial charge in [0.05, 0.1) is 0 Å². The molecule has 2 aliphatic heterocycles.